The third kappa shape index (κ3) is 1.14. The predicted octanol–water partition coefficient (Wildman–Crippen LogP) is -0.965. The molecule has 0 aromatic rings. The molecular formula is C8H9NO5. The van der Waals surface area contributed by atoms with E-state index in [1.807, 2.05) is 0 Å². The van der Waals surface area contributed by atoms with Crippen molar-refractivity contribution in [2.24, 2.45) is 0 Å². The van der Waals surface area contributed by atoms with E-state index in [0.717, 1.165) is 0 Å². The highest BCUT2D eigenvalue weighted by Gasteiger charge is 2.55. The van der Waals surface area contributed by atoms with Gasteiger partial charge in [-0.15, -0.1) is 0 Å². The normalized spacial score (nSPS) is 35.9. The van der Waals surface area contributed by atoms with Crippen LogP contribution in [0.2, 0.25) is 0 Å². The van der Waals surface area contributed by atoms with E-state index in [-0.39, 0.29) is 19.3 Å². The topological polar surface area (TPSA) is 92.7 Å². The summed E-state index contributed by atoms with van der Waals surface area (Å²) in [4.78, 5) is 32.9. The Labute approximate surface area is 79.2 Å². The van der Waals surface area contributed by atoms with Crippen LogP contribution in [-0.4, -0.2) is 34.6 Å². The zero-order valence-corrected chi connectivity index (χ0v) is 7.28. The molecule has 0 radical (unpaired) electrons. The molecule has 2 heterocycles. The van der Waals surface area contributed by atoms with Gasteiger partial charge in [0.25, 0.3) is 5.91 Å². The Morgan fingerprint density at radius 3 is 2.71 bits per heavy atom. The van der Waals surface area contributed by atoms with Crippen LogP contribution in [-0.2, 0) is 19.1 Å². The molecule has 2 rings (SSSR count). The van der Waals surface area contributed by atoms with E-state index in [0.29, 0.717) is 0 Å². The fourth-order valence-electron chi connectivity index (χ4n) is 1.84. The van der Waals surface area contributed by atoms with Crippen LogP contribution >= 0.6 is 0 Å². The van der Waals surface area contributed by atoms with E-state index in [1.54, 1.807) is 0 Å². The molecule has 2 N–H and O–H groups in total. The minimum absolute atomic E-state index is 0.0346. The third-order valence-electron chi connectivity index (χ3n) is 2.59. The zero-order valence-electron chi connectivity index (χ0n) is 7.28. The summed E-state index contributed by atoms with van der Waals surface area (Å²) in [7, 11) is 0. The molecule has 2 saturated heterocycles. The maximum atomic E-state index is 11.4. The van der Waals surface area contributed by atoms with Gasteiger partial charge in [-0.2, -0.15) is 0 Å². The summed E-state index contributed by atoms with van der Waals surface area (Å²) in [5.74, 6) is -2.03. The molecule has 0 aliphatic carbocycles. The molecule has 2 atom stereocenters. The monoisotopic (exact) mass is 199 g/mol. The number of esters is 1. The van der Waals surface area contributed by atoms with Crippen molar-refractivity contribution in [2.75, 3.05) is 0 Å². The second-order valence-electron chi connectivity index (χ2n) is 3.54. The summed E-state index contributed by atoms with van der Waals surface area (Å²) in [6, 6.07) is -0.937. The van der Waals surface area contributed by atoms with Crippen molar-refractivity contribution in [2.45, 2.75) is 30.9 Å². The molecule has 6 heteroatoms. The minimum atomic E-state index is -1.21. The molecule has 0 aromatic carbocycles. The van der Waals surface area contributed by atoms with E-state index < -0.39 is 29.5 Å². The lowest BCUT2D eigenvalue weighted by molar-refractivity contribution is -0.155. The molecule has 1 amide bonds. The average molecular weight is 199 g/mol. The molecule has 0 bridgehead atoms. The number of rotatable bonds is 1. The summed E-state index contributed by atoms with van der Waals surface area (Å²) in [5.41, 5.74) is -1.21. The third-order valence-corrected chi connectivity index (χ3v) is 2.59. The summed E-state index contributed by atoms with van der Waals surface area (Å²) in [6.07, 6.45) is 0.494. The Kier molecular flexibility index (Phi) is 1.73. The van der Waals surface area contributed by atoms with Gasteiger partial charge in [0.1, 0.15) is 6.04 Å². The number of ether oxygens (including phenoxy) is 1. The van der Waals surface area contributed by atoms with Crippen molar-refractivity contribution in [3.8, 4) is 0 Å². The quantitative estimate of drug-likeness (QED) is 0.530. The number of hydrogen-bond acceptors (Lipinski definition) is 4. The first-order valence-electron chi connectivity index (χ1n) is 4.29. The molecule has 76 valence electrons. The second-order valence-corrected chi connectivity index (χ2v) is 3.54. The summed E-state index contributed by atoms with van der Waals surface area (Å²) in [6.45, 7) is 0. The van der Waals surface area contributed by atoms with Gasteiger partial charge >= 0.3 is 11.9 Å². The first kappa shape index (κ1) is 8.98. The summed E-state index contributed by atoms with van der Waals surface area (Å²) < 4.78 is 4.89. The van der Waals surface area contributed by atoms with E-state index in [9.17, 15) is 14.4 Å². The molecule has 2 aliphatic rings. The Balaban J connectivity index is 2.19. The highest BCUT2D eigenvalue weighted by Crippen LogP contribution is 2.35. The number of amides is 1. The van der Waals surface area contributed by atoms with E-state index in [2.05, 4.69) is 5.32 Å². The first-order chi connectivity index (χ1) is 6.53. The smallest absolute Gasteiger partial charge is 0.326 e. The van der Waals surface area contributed by atoms with Crippen molar-refractivity contribution < 1.29 is 24.2 Å². The summed E-state index contributed by atoms with van der Waals surface area (Å²) >= 11 is 0. The lowest BCUT2D eigenvalue weighted by Crippen LogP contribution is -2.38. The molecular weight excluding hydrogens is 190 g/mol. The molecule has 2 aliphatic heterocycles. The number of carboxylic acid groups (broad SMARTS) is 1. The van der Waals surface area contributed by atoms with E-state index >= 15 is 0 Å². The Hall–Kier alpha value is -1.59. The zero-order chi connectivity index (χ0) is 10.3. The van der Waals surface area contributed by atoms with Crippen LogP contribution in [0.15, 0.2) is 0 Å². The van der Waals surface area contributed by atoms with Crippen molar-refractivity contribution in [3.63, 3.8) is 0 Å². The maximum Gasteiger partial charge on any atom is 0.326 e. The number of carboxylic acids is 1. The van der Waals surface area contributed by atoms with Crippen LogP contribution in [0.25, 0.3) is 0 Å². The van der Waals surface area contributed by atoms with Gasteiger partial charge in [0.15, 0.2) is 5.60 Å². The van der Waals surface area contributed by atoms with Gasteiger partial charge < -0.3 is 15.2 Å². The minimum Gasteiger partial charge on any atom is -0.480 e. The fraction of sp³-hybridized carbons (Fsp3) is 0.625. The molecule has 0 unspecified atom stereocenters. The molecule has 6 nitrogen and oxygen atoms in total. The van der Waals surface area contributed by atoms with Gasteiger partial charge in [0.05, 0.1) is 0 Å². The van der Waals surface area contributed by atoms with Crippen LogP contribution < -0.4 is 5.32 Å². The molecule has 2 fully saturated rings. The number of carbonyl (C=O) groups excluding carboxylic acids is 2. The number of hydrogen-bond donors (Lipinski definition) is 2. The average Bonchev–Trinajstić information content (AvgIpc) is 2.60. The Morgan fingerprint density at radius 1 is 1.57 bits per heavy atom. The maximum absolute atomic E-state index is 11.4. The van der Waals surface area contributed by atoms with E-state index in [1.165, 1.54) is 0 Å². The second kappa shape index (κ2) is 2.70. The number of aliphatic carboxylic acids is 1. The van der Waals surface area contributed by atoms with Crippen LogP contribution in [0.1, 0.15) is 19.3 Å². The lowest BCUT2D eigenvalue weighted by atomic mass is 9.96. The number of carbonyl (C=O) groups is 3. The van der Waals surface area contributed by atoms with Crippen molar-refractivity contribution in [1.82, 2.24) is 5.32 Å². The molecule has 14 heavy (non-hydrogen) atoms. The van der Waals surface area contributed by atoms with Crippen LogP contribution in [0.3, 0.4) is 0 Å². The van der Waals surface area contributed by atoms with Gasteiger partial charge in [-0.05, 0) is 0 Å². The standard InChI is InChI=1S/C8H9NO5/c10-5-1-2-8(14-5)3-4(6(11)12)9-7(8)13/h4H,1-3H2,(H,9,13)(H,11,12)/t4-,8+/m1/s1. The van der Waals surface area contributed by atoms with Gasteiger partial charge in [0, 0.05) is 19.3 Å². The molecule has 0 saturated carbocycles. The fourth-order valence-corrected chi connectivity index (χ4v) is 1.84. The largest absolute Gasteiger partial charge is 0.480 e. The van der Waals surface area contributed by atoms with Crippen molar-refractivity contribution >= 4 is 17.8 Å². The van der Waals surface area contributed by atoms with Gasteiger partial charge in [-0.1, -0.05) is 0 Å². The molecule has 0 aromatic heterocycles. The van der Waals surface area contributed by atoms with Gasteiger partial charge in [0.2, 0.25) is 0 Å². The van der Waals surface area contributed by atoms with E-state index in [4.69, 9.17) is 9.84 Å². The highest BCUT2D eigenvalue weighted by molar-refractivity contribution is 5.96. The summed E-state index contributed by atoms with van der Waals surface area (Å²) in [5, 5.41) is 11.0. The van der Waals surface area contributed by atoms with Crippen LogP contribution in [0.4, 0.5) is 0 Å². The Bertz CT molecular complexity index is 326. The predicted molar refractivity (Wildman–Crippen MR) is 42.2 cm³/mol. The molecule has 1 spiro atoms. The van der Waals surface area contributed by atoms with Crippen LogP contribution in [0, 0.1) is 0 Å². The van der Waals surface area contributed by atoms with Gasteiger partial charge in [-0.25, -0.2) is 4.79 Å². The SMILES string of the molecule is O=C1CC[C@@]2(C[C@H](C(=O)O)NC2=O)O1. The Morgan fingerprint density at radius 2 is 2.29 bits per heavy atom. The lowest BCUT2D eigenvalue weighted by Gasteiger charge is -2.17. The first-order valence-corrected chi connectivity index (χ1v) is 4.29. The highest BCUT2D eigenvalue weighted by atomic mass is 16.6. The van der Waals surface area contributed by atoms with Crippen molar-refractivity contribution in [1.29, 1.82) is 0 Å². The van der Waals surface area contributed by atoms with Crippen molar-refractivity contribution in [3.05, 3.63) is 0 Å². The van der Waals surface area contributed by atoms with Gasteiger partial charge in [-0.3, -0.25) is 9.59 Å². The number of nitrogens with one attached hydrogen (secondary N) is 1. The van der Waals surface area contributed by atoms with Crippen LogP contribution in [0.5, 0.6) is 0 Å².